The van der Waals surface area contributed by atoms with E-state index in [4.69, 9.17) is 5.73 Å². The second-order valence-electron chi connectivity index (χ2n) is 3.37. The zero-order valence-corrected chi connectivity index (χ0v) is 11.1. The van der Waals surface area contributed by atoms with Crippen LogP contribution in [0.1, 0.15) is 20.9 Å². The molecule has 2 aromatic heterocycles. The third-order valence-electron chi connectivity index (χ3n) is 2.09. The van der Waals surface area contributed by atoms with Crippen LogP contribution in [0.4, 0.5) is 0 Å². The van der Waals surface area contributed by atoms with Crippen molar-refractivity contribution < 1.29 is 4.79 Å². The number of carbonyl (C=O) groups excluding carboxylic acids is 1. The van der Waals surface area contributed by atoms with Crippen LogP contribution < -0.4 is 11.1 Å². The minimum atomic E-state index is -0.111. The molecule has 92 valence electrons. The molecule has 0 saturated carbocycles. The first-order valence-electron chi connectivity index (χ1n) is 5.22. The maximum absolute atomic E-state index is 11.8. The van der Waals surface area contributed by atoms with Crippen LogP contribution in [0, 0.1) is 11.8 Å². The molecule has 1 amide bonds. The predicted octanol–water partition coefficient (Wildman–Crippen LogP) is 1.44. The Balaban J connectivity index is 1.94. The van der Waals surface area contributed by atoms with E-state index in [0.29, 0.717) is 18.7 Å². The van der Waals surface area contributed by atoms with Crippen molar-refractivity contribution in [1.82, 2.24) is 10.3 Å². The van der Waals surface area contributed by atoms with E-state index in [0.717, 1.165) is 10.6 Å². The zero-order valence-electron chi connectivity index (χ0n) is 9.47. The number of hydrogen-bond donors (Lipinski definition) is 2. The summed E-state index contributed by atoms with van der Waals surface area (Å²) >= 11 is 2.95. The Hall–Kier alpha value is -1.68. The molecule has 0 radical (unpaired) electrons. The van der Waals surface area contributed by atoms with Crippen molar-refractivity contribution >= 4 is 28.6 Å². The molecule has 4 nitrogen and oxygen atoms in total. The molecular weight excluding hydrogens is 266 g/mol. The number of nitrogens with one attached hydrogen (secondary N) is 1. The van der Waals surface area contributed by atoms with Crippen LogP contribution in [0.2, 0.25) is 0 Å². The van der Waals surface area contributed by atoms with Crippen molar-refractivity contribution in [3.63, 3.8) is 0 Å². The molecule has 3 N–H and O–H groups in total. The van der Waals surface area contributed by atoms with Gasteiger partial charge in [-0.2, -0.15) is 0 Å². The average Bonchev–Trinajstić information content (AvgIpc) is 3.04. The first-order chi connectivity index (χ1) is 8.79. The molecule has 18 heavy (non-hydrogen) atoms. The third-order valence-corrected chi connectivity index (χ3v) is 3.57. The fourth-order valence-electron chi connectivity index (χ4n) is 1.26. The average molecular weight is 277 g/mol. The third kappa shape index (κ3) is 3.40. The lowest BCUT2D eigenvalue weighted by Gasteiger charge is -2.00. The Morgan fingerprint density at radius 1 is 1.50 bits per heavy atom. The fourth-order valence-corrected chi connectivity index (χ4v) is 2.57. The summed E-state index contributed by atoms with van der Waals surface area (Å²) in [7, 11) is 0. The van der Waals surface area contributed by atoms with Gasteiger partial charge in [0.15, 0.2) is 0 Å². The lowest BCUT2D eigenvalue weighted by atomic mass is 10.3. The monoisotopic (exact) mass is 277 g/mol. The smallest absolute Gasteiger partial charge is 0.252 e. The Morgan fingerprint density at radius 3 is 3.11 bits per heavy atom. The van der Waals surface area contributed by atoms with Gasteiger partial charge in [-0.05, 0) is 6.07 Å². The van der Waals surface area contributed by atoms with E-state index < -0.39 is 0 Å². The molecule has 0 aliphatic heterocycles. The predicted molar refractivity (Wildman–Crippen MR) is 73.5 cm³/mol. The van der Waals surface area contributed by atoms with E-state index in [1.807, 2.05) is 5.38 Å². The van der Waals surface area contributed by atoms with Gasteiger partial charge in [0, 0.05) is 10.8 Å². The number of thiophene rings is 1. The molecule has 0 fully saturated rings. The summed E-state index contributed by atoms with van der Waals surface area (Å²) in [4.78, 5) is 16.8. The summed E-state index contributed by atoms with van der Waals surface area (Å²) in [5.74, 6) is 5.55. The molecule has 0 atom stereocenters. The first-order valence-corrected chi connectivity index (χ1v) is 7.04. The highest BCUT2D eigenvalue weighted by atomic mass is 32.1. The Kier molecular flexibility index (Phi) is 4.47. The maximum Gasteiger partial charge on any atom is 0.252 e. The normalized spacial score (nSPS) is 9.61. The van der Waals surface area contributed by atoms with Crippen molar-refractivity contribution in [3.8, 4) is 11.8 Å². The van der Waals surface area contributed by atoms with E-state index in [1.165, 1.54) is 22.7 Å². The Labute approximate surface area is 113 Å². The topological polar surface area (TPSA) is 68.0 Å². The molecule has 0 aliphatic rings. The molecule has 6 heteroatoms. The highest BCUT2D eigenvalue weighted by molar-refractivity contribution is 7.10. The quantitative estimate of drug-likeness (QED) is 0.834. The van der Waals surface area contributed by atoms with Gasteiger partial charge in [0.25, 0.3) is 5.91 Å². The van der Waals surface area contributed by atoms with Gasteiger partial charge in [-0.1, -0.05) is 11.8 Å². The minimum Gasteiger partial charge on any atom is -0.346 e. The number of nitrogens with two attached hydrogens (primary N) is 1. The van der Waals surface area contributed by atoms with Crippen molar-refractivity contribution in [3.05, 3.63) is 38.5 Å². The van der Waals surface area contributed by atoms with E-state index in [-0.39, 0.29) is 5.91 Å². The van der Waals surface area contributed by atoms with Gasteiger partial charge in [-0.25, -0.2) is 4.98 Å². The highest BCUT2D eigenvalue weighted by Gasteiger charge is 2.07. The number of nitrogens with zero attached hydrogens (tertiary/aromatic N) is 1. The Morgan fingerprint density at radius 2 is 2.39 bits per heavy atom. The van der Waals surface area contributed by atoms with Crippen molar-refractivity contribution in [2.75, 3.05) is 6.54 Å². The lowest BCUT2D eigenvalue weighted by Crippen LogP contribution is -2.22. The molecule has 0 spiro atoms. The van der Waals surface area contributed by atoms with Crippen molar-refractivity contribution in [2.24, 2.45) is 5.73 Å². The molecule has 0 bridgehead atoms. The second kappa shape index (κ2) is 6.31. The van der Waals surface area contributed by atoms with E-state index >= 15 is 0 Å². The van der Waals surface area contributed by atoms with Crippen LogP contribution in [-0.2, 0) is 6.54 Å². The van der Waals surface area contributed by atoms with Gasteiger partial charge < -0.3 is 11.1 Å². The standard InChI is InChI=1S/C12H11N3OS2/c13-3-1-2-11-4-9(6-18-11)12(16)14-5-10-7-17-8-15-10/h4,6-8H,3,5,13H2,(H,14,16). The molecule has 0 saturated heterocycles. The first kappa shape index (κ1) is 12.8. The largest absolute Gasteiger partial charge is 0.346 e. The van der Waals surface area contributed by atoms with E-state index in [1.54, 1.807) is 17.0 Å². The van der Waals surface area contributed by atoms with Crippen molar-refractivity contribution in [1.29, 1.82) is 0 Å². The molecular formula is C12H11N3OS2. The molecule has 0 aromatic carbocycles. The van der Waals surface area contributed by atoms with Crippen LogP contribution in [-0.4, -0.2) is 17.4 Å². The lowest BCUT2D eigenvalue weighted by molar-refractivity contribution is 0.0951. The number of rotatable bonds is 3. The highest BCUT2D eigenvalue weighted by Crippen LogP contribution is 2.13. The van der Waals surface area contributed by atoms with Crippen molar-refractivity contribution in [2.45, 2.75) is 6.54 Å². The summed E-state index contributed by atoms with van der Waals surface area (Å²) in [6.45, 7) is 0.769. The number of hydrogen-bond acceptors (Lipinski definition) is 5. The van der Waals surface area contributed by atoms with Gasteiger partial charge in [-0.15, -0.1) is 22.7 Å². The van der Waals surface area contributed by atoms with Crippen LogP contribution in [0.5, 0.6) is 0 Å². The Bertz CT molecular complexity index is 578. The zero-order chi connectivity index (χ0) is 12.8. The molecule has 0 unspecified atom stereocenters. The van der Waals surface area contributed by atoms with Crippen LogP contribution >= 0.6 is 22.7 Å². The van der Waals surface area contributed by atoms with Gasteiger partial charge in [-0.3, -0.25) is 4.79 Å². The fraction of sp³-hybridized carbons (Fsp3) is 0.167. The number of thiazole rings is 1. The molecule has 2 rings (SSSR count). The maximum atomic E-state index is 11.8. The van der Waals surface area contributed by atoms with Gasteiger partial charge >= 0.3 is 0 Å². The number of amides is 1. The SMILES string of the molecule is NCC#Cc1cc(C(=O)NCc2cscn2)cs1. The number of carbonyl (C=O) groups is 1. The molecule has 2 aromatic rings. The summed E-state index contributed by atoms with van der Waals surface area (Å²) in [6.07, 6.45) is 0. The molecule has 2 heterocycles. The van der Waals surface area contributed by atoms with E-state index in [2.05, 4.69) is 22.1 Å². The van der Waals surface area contributed by atoms with Gasteiger partial charge in [0.2, 0.25) is 0 Å². The summed E-state index contributed by atoms with van der Waals surface area (Å²) in [5, 5.41) is 6.51. The van der Waals surface area contributed by atoms with Gasteiger partial charge in [0.05, 0.1) is 34.7 Å². The van der Waals surface area contributed by atoms with Crippen LogP contribution in [0.15, 0.2) is 22.3 Å². The van der Waals surface area contributed by atoms with E-state index in [9.17, 15) is 4.79 Å². The minimum absolute atomic E-state index is 0.111. The molecule has 0 aliphatic carbocycles. The van der Waals surface area contributed by atoms with Crippen LogP contribution in [0.3, 0.4) is 0 Å². The second-order valence-corrected chi connectivity index (χ2v) is 5.00. The van der Waals surface area contributed by atoms with Crippen LogP contribution in [0.25, 0.3) is 0 Å². The summed E-state index contributed by atoms with van der Waals surface area (Å²) in [6, 6.07) is 1.77. The number of aromatic nitrogens is 1. The van der Waals surface area contributed by atoms with Gasteiger partial charge in [0.1, 0.15) is 0 Å². The summed E-state index contributed by atoms with van der Waals surface area (Å²) in [5.41, 5.74) is 8.52. The summed E-state index contributed by atoms with van der Waals surface area (Å²) < 4.78 is 0.